The molecule has 0 aliphatic carbocycles. The molecule has 4 rings (SSSR count). The molecule has 0 saturated heterocycles. The zero-order chi connectivity index (χ0) is 22.9. The second-order valence-electron chi connectivity index (χ2n) is 8.52. The van der Waals surface area contributed by atoms with Crippen LogP contribution in [0.4, 0.5) is 0 Å². The van der Waals surface area contributed by atoms with Crippen molar-refractivity contribution in [2.45, 2.75) is 71.1 Å². The van der Waals surface area contributed by atoms with Gasteiger partial charge in [0.2, 0.25) is 0 Å². The largest absolute Gasteiger partial charge is 0.139 e. The second kappa shape index (κ2) is 12.9. The molecule has 0 unspecified atom stereocenters. The topological polar surface area (TPSA) is 0 Å². The molecule has 33 heavy (non-hydrogen) atoms. The first-order valence-corrected chi connectivity index (χ1v) is 15.5. The molecule has 4 aromatic rings. The smallest absolute Gasteiger partial charge is 0.0449 e. The number of rotatable bonds is 14. The lowest BCUT2D eigenvalue weighted by atomic mass is 10.1. The molecule has 0 saturated carbocycles. The molecule has 0 atom stereocenters. The zero-order valence-corrected chi connectivity index (χ0v) is 22.9. The number of hydrogen-bond donors (Lipinski definition) is 0. The normalized spacial score (nSPS) is 11.3. The van der Waals surface area contributed by atoms with Crippen LogP contribution < -0.4 is 0 Å². The number of unbranched alkanes of at least 4 members (excludes halogenated alkanes) is 7. The first-order valence-electron chi connectivity index (χ1n) is 12.3. The lowest BCUT2D eigenvalue weighted by Gasteiger charge is -2.01. The molecule has 0 aliphatic rings. The van der Waals surface area contributed by atoms with Gasteiger partial charge in [0.05, 0.1) is 0 Å². The quantitative estimate of drug-likeness (QED) is 0.117. The predicted molar refractivity (Wildman–Crippen MR) is 154 cm³/mol. The molecule has 4 heteroatoms. The molecule has 0 N–H and O–H groups in total. The molecular weight excluding hydrogens is 477 g/mol. The van der Waals surface area contributed by atoms with E-state index in [1.165, 1.54) is 96.8 Å². The summed E-state index contributed by atoms with van der Waals surface area (Å²) in [4.78, 5) is 11.4. The Morgan fingerprint density at radius 1 is 0.545 bits per heavy atom. The van der Waals surface area contributed by atoms with Gasteiger partial charge in [-0.25, -0.2) is 0 Å². The fourth-order valence-corrected chi connectivity index (χ4v) is 8.30. The second-order valence-corrected chi connectivity index (χ2v) is 13.0. The molecule has 0 spiro atoms. The maximum Gasteiger partial charge on any atom is 0.0449 e. The number of aryl methyl sites for hydroxylation is 2. The summed E-state index contributed by atoms with van der Waals surface area (Å²) in [7, 11) is 0. The minimum atomic E-state index is 1.12. The van der Waals surface area contributed by atoms with Crippen LogP contribution in [0.25, 0.3) is 29.3 Å². The first kappa shape index (κ1) is 24.7. The lowest BCUT2D eigenvalue weighted by molar-refractivity contribution is 0.582. The third kappa shape index (κ3) is 7.02. The predicted octanol–water partition coefficient (Wildman–Crippen LogP) is 11.3. The van der Waals surface area contributed by atoms with Crippen molar-refractivity contribution in [3.63, 3.8) is 0 Å². The Labute approximate surface area is 215 Å². The Kier molecular flexibility index (Phi) is 9.60. The highest BCUT2D eigenvalue weighted by atomic mass is 32.1. The van der Waals surface area contributed by atoms with Gasteiger partial charge in [-0.05, 0) is 80.6 Å². The van der Waals surface area contributed by atoms with E-state index >= 15 is 0 Å². The summed E-state index contributed by atoms with van der Waals surface area (Å²) in [5.74, 6) is 0. The van der Waals surface area contributed by atoms with Crippen molar-refractivity contribution >= 4 is 45.3 Å². The summed E-state index contributed by atoms with van der Waals surface area (Å²) in [6.07, 6.45) is 15.1. The molecule has 0 radical (unpaired) electrons. The minimum Gasteiger partial charge on any atom is -0.139 e. The van der Waals surface area contributed by atoms with Crippen LogP contribution in [0.2, 0.25) is 0 Å². The van der Waals surface area contributed by atoms with Crippen molar-refractivity contribution in [3.8, 4) is 29.3 Å². The van der Waals surface area contributed by atoms with Crippen LogP contribution in [0, 0.1) is 0 Å². The fraction of sp³-hybridized carbons (Fsp3) is 0.379. The number of thiophene rings is 4. The Balaban J connectivity index is 1.26. The average Bonchev–Trinajstić information content (AvgIpc) is 3.62. The van der Waals surface area contributed by atoms with Crippen molar-refractivity contribution in [3.05, 3.63) is 70.9 Å². The Morgan fingerprint density at radius 3 is 1.48 bits per heavy atom. The molecule has 4 aromatic heterocycles. The van der Waals surface area contributed by atoms with Crippen molar-refractivity contribution in [2.75, 3.05) is 0 Å². The van der Waals surface area contributed by atoms with Crippen LogP contribution in [0.3, 0.4) is 0 Å². The first-order chi connectivity index (χ1) is 16.3. The number of allylic oxidation sites excluding steroid dienone is 1. The van der Waals surface area contributed by atoms with Crippen LogP contribution in [-0.4, -0.2) is 0 Å². The molecule has 174 valence electrons. The highest BCUT2D eigenvalue weighted by molar-refractivity contribution is 7.28. The fourth-order valence-electron chi connectivity index (χ4n) is 4.02. The van der Waals surface area contributed by atoms with E-state index in [1.807, 2.05) is 51.4 Å². The molecule has 0 bridgehead atoms. The minimum absolute atomic E-state index is 1.12. The van der Waals surface area contributed by atoms with E-state index in [9.17, 15) is 0 Å². The molecule has 0 aliphatic heterocycles. The van der Waals surface area contributed by atoms with Crippen LogP contribution in [0.5, 0.6) is 0 Å². The SMILES string of the molecule is C=CCCCCCCCCCc1ccc(-c2ccc(-c3ccc(-c4ccc(CC)s4)s3)s2)s1. The summed E-state index contributed by atoms with van der Waals surface area (Å²) in [6.45, 7) is 6.03. The van der Waals surface area contributed by atoms with E-state index in [-0.39, 0.29) is 0 Å². The van der Waals surface area contributed by atoms with Crippen molar-refractivity contribution in [2.24, 2.45) is 0 Å². The summed E-state index contributed by atoms with van der Waals surface area (Å²) in [6, 6.07) is 18.4. The van der Waals surface area contributed by atoms with Crippen LogP contribution >= 0.6 is 45.3 Å². The van der Waals surface area contributed by atoms with Gasteiger partial charge in [-0.2, -0.15) is 0 Å². The van der Waals surface area contributed by atoms with E-state index in [0.717, 1.165) is 6.42 Å². The Hall–Kier alpha value is -1.46. The van der Waals surface area contributed by atoms with Crippen LogP contribution in [0.15, 0.2) is 61.2 Å². The van der Waals surface area contributed by atoms with Gasteiger partial charge in [0.15, 0.2) is 0 Å². The highest BCUT2D eigenvalue weighted by Crippen LogP contribution is 2.43. The van der Waals surface area contributed by atoms with Crippen molar-refractivity contribution in [1.29, 1.82) is 0 Å². The third-order valence-corrected chi connectivity index (χ3v) is 11.1. The van der Waals surface area contributed by atoms with Crippen LogP contribution in [-0.2, 0) is 12.8 Å². The molecule has 0 amide bonds. The van der Waals surface area contributed by atoms with E-state index in [4.69, 9.17) is 0 Å². The standard InChI is InChI=1S/C29H34S4/c1-3-5-6-7-8-9-10-11-12-13-23-15-17-25(31-23)27-19-21-29(33-27)28-20-18-26(32-28)24-16-14-22(4-2)30-24/h3,14-21H,1,4-13H2,2H3. The summed E-state index contributed by atoms with van der Waals surface area (Å²) in [5, 5.41) is 0. The third-order valence-electron chi connectivity index (χ3n) is 5.94. The molecule has 0 nitrogen and oxygen atoms in total. The van der Waals surface area contributed by atoms with Gasteiger partial charge in [-0.15, -0.1) is 51.9 Å². The van der Waals surface area contributed by atoms with Gasteiger partial charge < -0.3 is 0 Å². The van der Waals surface area contributed by atoms with Crippen molar-refractivity contribution < 1.29 is 0 Å². The monoisotopic (exact) mass is 510 g/mol. The van der Waals surface area contributed by atoms with E-state index in [2.05, 4.69) is 62.0 Å². The molecule has 0 aromatic carbocycles. The highest BCUT2D eigenvalue weighted by Gasteiger charge is 2.11. The van der Waals surface area contributed by atoms with E-state index in [1.54, 1.807) is 0 Å². The zero-order valence-electron chi connectivity index (χ0n) is 19.6. The van der Waals surface area contributed by atoms with Crippen molar-refractivity contribution in [1.82, 2.24) is 0 Å². The van der Waals surface area contributed by atoms with E-state index < -0.39 is 0 Å². The van der Waals surface area contributed by atoms with Gasteiger partial charge in [0, 0.05) is 39.0 Å². The van der Waals surface area contributed by atoms with Crippen LogP contribution in [0.1, 0.15) is 68.0 Å². The van der Waals surface area contributed by atoms with E-state index in [0.29, 0.717) is 0 Å². The number of hydrogen-bond acceptors (Lipinski definition) is 4. The molecule has 0 fully saturated rings. The Bertz CT molecular complexity index is 1120. The summed E-state index contributed by atoms with van der Waals surface area (Å²) >= 11 is 7.76. The molecular formula is C29H34S4. The van der Waals surface area contributed by atoms with Gasteiger partial charge in [0.25, 0.3) is 0 Å². The van der Waals surface area contributed by atoms with Gasteiger partial charge in [-0.3, -0.25) is 0 Å². The average molecular weight is 511 g/mol. The van der Waals surface area contributed by atoms with Gasteiger partial charge in [0.1, 0.15) is 0 Å². The maximum absolute atomic E-state index is 3.80. The maximum atomic E-state index is 3.80. The summed E-state index contributed by atoms with van der Waals surface area (Å²) < 4.78 is 0. The molecule has 4 heterocycles. The van der Waals surface area contributed by atoms with Gasteiger partial charge >= 0.3 is 0 Å². The van der Waals surface area contributed by atoms with Gasteiger partial charge in [-0.1, -0.05) is 45.1 Å². The Morgan fingerprint density at radius 2 is 0.970 bits per heavy atom. The summed E-state index contributed by atoms with van der Waals surface area (Å²) in [5.41, 5.74) is 0. The lowest BCUT2D eigenvalue weighted by Crippen LogP contribution is -1.83.